The van der Waals surface area contributed by atoms with Crippen LogP contribution in [0.25, 0.3) is 5.95 Å². The SMILES string of the molecule is CCNc1nc(N2CCC(C)(O)C2)nc(-n2cncn2)n1. The zero-order chi connectivity index (χ0) is 14.9. The summed E-state index contributed by atoms with van der Waals surface area (Å²) in [6, 6.07) is 0. The molecule has 0 spiro atoms. The molecule has 2 aromatic rings. The molecule has 1 atom stereocenters. The Morgan fingerprint density at radius 3 is 2.76 bits per heavy atom. The van der Waals surface area contributed by atoms with E-state index in [1.54, 1.807) is 0 Å². The van der Waals surface area contributed by atoms with Gasteiger partial charge in [-0.3, -0.25) is 0 Å². The molecule has 3 rings (SSSR count). The zero-order valence-electron chi connectivity index (χ0n) is 12.1. The third-order valence-corrected chi connectivity index (χ3v) is 3.30. The summed E-state index contributed by atoms with van der Waals surface area (Å²) in [6.45, 7) is 5.70. The van der Waals surface area contributed by atoms with E-state index in [2.05, 4.69) is 30.4 Å². The van der Waals surface area contributed by atoms with E-state index in [1.807, 2.05) is 18.7 Å². The molecule has 2 N–H and O–H groups in total. The number of anilines is 2. The summed E-state index contributed by atoms with van der Waals surface area (Å²) in [5.74, 6) is 1.42. The van der Waals surface area contributed by atoms with Crippen LogP contribution < -0.4 is 10.2 Å². The summed E-state index contributed by atoms with van der Waals surface area (Å²) < 4.78 is 1.49. The van der Waals surface area contributed by atoms with E-state index in [-0.39, 0.29) is 0 Å². The first-order chi connectivity index (χ1) is 10.1. The molecular formula is C12H18N8O. The number of aliphatic hydroxyl groups is 1. The fourth-order valence-electron chi connectivity index (χ4n) is 2.26. The van der Waals surface area contributed by atoms with Crippen LogP contribution in [0.1, 0.15) is 20.3 Å². The van der Waals surface area contributed by atoms with E-state index in [9.17, 15) is 5.11 Å². The van der Waals surface area contributed by atoms with Crippen molar-refractivity contribution in [2.24, 2.45) is 0 Å². The highest BCUT2D eigenvalue weighted by atomic mass is 16.3. The maximum atomic E-state index is 10.1. The summed E-state index contributed by atoms with van der Waals surface area (Å²) in [5, 5.41) is 17.2. The number of β-amino-alcohol motifs (C(OH)–C–C–N with tert-alkyl or cyclic N) is 1. The number of hydrogen-bond donors (Lipinski definition) is 2. The highest BCUT2D eigenvalue weighted by Gasteiger charge is 2.33. The molecule has 21 heavy (non-hydrogen) atoms. The van der Waals surface area contributed by atoms with Gasteiger partial charge in [0.25, 0.3) is 5.95 Å². The second kappa shape index (κ2) is 5.24. The lowest BCUT2D eigenvalue weighted by Gasteiger charge is -2.19. The molecule has 1 saturated heterocycles. The molecule has 1 fully saturated rings. The Labute approximate surface area is 122 Å². The fourth-order valence-corrected chi connectivity index (χ4v) is 2.26. The minimum atomic E-state index is -0.710. The zero-order valence-corrected chi connectivity index (χ0v) is 12.1. The largest absolute Gasteiger partial charge is 0.388 e. The molecule has 0 aliphatic carbocycles. The van der Waals surface area contributed by atoms with Gasteiger partial charge in [0.1, 0.15) is 12.7 Å². The number of hydrogen-bond acceptors (Lipinski definition) is 8. The number of aromatic nitrogens is 6. The van der Waals surface area contributed by atoms with Crippen molar-refractivity contribution in [3.8, 4) is 5.95 Å². The fraction of sp³-hybridized carbons (Fsp3) is 0.583. The van der Waals surface area contributed by atoms with Crippen molar-refractivity contribution in [2.45, 2.75) is 25.9 Å². The first-order valence-electron chi connectivity index (χ1n) is 6.90. The number of rotatable bonds is 4. The van der Waals surface area contributed by atoms with Crippen molar-refractivity contribution in [3.63, 3.8) is 0 Å². The van der Waals surface area contributed by atoms with Crippen molar-refractivity contribution >= 4 is 11.9 Å². The number of nitrogens with zero attached hydrogens (tertiary/aromatic N) is 7. The van der Waals surface area contributed by atoms with Gasteiger partial charge in [0.2, 0.25) is 11.9 Å². The van der Waals surface area contributed by atoms with Gasteiger partial charge in [-0.1, -0.05) is 0 Å². The van der Waals surface area contributed by atoms with Crippen LogP contribution in [0.15, 0.2) is 12.7 Å². The van der Waals surface area contributed by atoms with Gasteiger partial charge in [-0.05, 0) is 20.3 Å². The molecule has 1 unspecified atom stereocenters. The van der Waals surface area contributed by atoms with Crippen molar-refractivity contribution in [1.29, 1.82) is 0 Å². The average Bonchev–Trinajstić information content (AvgIpc) is 3.08. The van der Waals surface area contributed by atoms with E-state index in [0.29, 0.717) is 43.9 Å². The normalized spacial score (nSPS) is 21.8. The molecule has 0 aromatic carbocycles. The Kier molecular flexibility index (Phi) is 3.42. The van der Waals surface area contributed by atoms with E-state index in [1.165, 1.54) is 17.3 Å². The van der Waals surface area contributed by atoms with E-state index >= 15 is 0 Å². The molecule has 1 aliphatic heterocycles. The van der Waals surface area contributed by atoms with Crippen LogP contribution in [0.5, 0.6) is 0 Å². The summed E-state index contributed by atoms with van der Waals surface area (Å²) in [4.78, 5) is 19.0. The van der Waals surface area contributed by atoms with Gasteiger partial charge in [-0.25, -0.2) is 4.98 Å². The predicted octanol–water partition coefficient (Wildman–Crippen LogP) is -0.155. The Bertz CT molecular complexity index is 612. The summed E-state index contributed by atoms with van der Waals surface area (Å²) in [6.07, 6.45) is 3.65. The van der Waals surface area contributed by atoms with Gasteiger partial charge in [0.05, 0.1) is 5.60 Å². The quantitative estimate of drug-likeness (QED) is 0.800. The molecule has 0 bridgehead atoms. The summed E-state index contributed by atoms with van der Waals surface area (Å²) in [7, 11) is 0. The van der Waals surface area contributed by atoms with Crippen molar-refractivity contribution < 1.29 is 5.11 Å². The Balaban J connectivity index is 1.96. The summed E-state index contributed by atoms with van der Waals surface area (Å²) in [5.41, 5.74) is -0.710. The lowest BCUT2D eigenvalue weighted by molar-refractivity contribution is 0.0838. The lowest BCUT2D eigenvalue weighted by Crippen LogP contribution is -2.31. The average molecular weight is 290 g/mol. The van der Waals surface area contributed by atoms with Crippen LogP contribution in [0, 0.1) is 0 Å². The Morgan fingerprint density at radius 1 is 1.33 bits per heavy atom. The second-order valence-corrected chi connectivity index (χ2v) is 5.30. The molecule has 2 aromatic heterocycles. The molecule has 1 aliphatic rings. The van der Waals surface area contributed by atoms with Gasteiger partial charge >= 0.3 is 0 Å². The minimum absolute atomic E-state index is 0.403. The Morgan fingerprint density at radius 2 is 2.14 bits per heavy atom. The number of nitrogens with one attached hydrogen (secondary N) is 1. The molecule has 0 radical (unpaired) electrons. The second-order valence-electron chi connectivity index (χ2n) is 5.30. The lowest BCUT2D eigenvalue weighted by atomic mass is 10.1. The van der Waals surface area contributed by atoms with Gasteiger partial charge in [-0.15, -0.1) is 0 Å². The van der Waals surface area contributed by atoms with Crippen LogP contribution in [-0.2, 0) is 0 Å². The van der Waals surface area contributed by atoms with Crippen LogP contribution in [-0.4, -0.2) is 60.1 Å². The van der Waals surface area contributed by atoms with Crippen LogP contribution in [0.2, 0.25) is 0 Å². The molecule has 9 nitrogen and oxygen atoms in total. The van der Waals surface area contributed by atoms with E-state index in [0.717, 1.165) is 0 Å². The predicted molar refractivity (Wildman–Crippen MR) is 76.4 cm³/mol. The third-order valence-electron chi connectivity index (χ3n) is 3.30. The van der Waals surface area contributed by atoms with Gasteiger partial charge in [0.15, 0.2) is 0 Å². The molecule has 9 heteroatoms. The Hall–Kier alpha value is -2.29. The maximum Gasteiger partial charge on any atom is 0.258 e. The van der Waals surface area contributed by atoms with Crippen LogP contribution >= 0.6 is 0 Å². The maximum absolute atomic E-state index is 10.1. The molecular weight excluding hydrogens is 272 g/mol. The van der Waals surface area contributed by atoms with Crippen LogP contribution in [0.4, 0.5) is 11.9 Å². The summed E-state index contributed by atoms with van der Waals surface area (Å²) >= 11 is 0. The van der Waals surface area contributed by atoms with Crippen molar-refractivity contribution in [3.05, 3.63) is 12.7 Å². The van der Waals surface area contributed by atoms with E-state index < -0.39 is 5.60 Å². The third kappa shape index (κ3) is 2.92. The minimum Gasteiger partial charge on any atom is -0.388 e. The first kappa shape index (κ1) is 13.7. The monoisotopic (exact) mass is 290 g/mol. The molecule has 0 amide bonds. The highest BCUT2D eigenvalue weighted by Crippen LogP contribution is 2.24. The van der Waals surface area contributed by atoms with Crippen LogP contribution in [0.3, 0.4) is 0 Å². The van der Waals surface area contributed by atoms with Crippen molar-refractivity contribution in [2.75, 3.05) is 29.9 Å². The van der Waals surface area contributed by atoms with Gasteiger partial charge in [-0.2, -0.15) is 24.7 Å². The standard InChI is InChI=1S/C12H18N8O/c1-3-14-9-16-10(19-5-4-12(2,21)6-19)18-11(17-9)20-8-13-7-15-20/h7-8,21H,3-6H2,1-2H3,(H,14,16,17,18). The van der Waals surface area contributed by atoms with Gasteiger partial charge < -0.3 is 15.3 Å². The molecule has 112 valence electrons. The van der Waals surface area contributed by atoms with Crippen molar-refractivity contribution in [1.82, 2.24) is 29.7 Å². The van der Waals surface area contributed by atoms with E-state index in [4.69, 9.17) is 0 Å². The topological polar surface area (TPSA) is 105 Å². The highest BCUT2D eigenvalue weighted by molar-refractivity contribution is 5.41. The molecule has 0 saturated carbocycles. The smallest absolute Gasteiger partial charge is 0.258 e. The van der Waals surface area contributed by atoms with Gasteiger partial charge in [0, 0.05) is 19.6 Å². The molecule has 3 heterocycles. The first-order valence-corrected chi connectivity index (χ1v) is 6.90.